The van der Waals surface area contributed by atoms with E-state index in [0.29, 0.717) is 0 Å². The third kappa shape index (κ3) is 4.38. The predicted octanol–water partition coefficient (Wildman–Crippen LogP) is 4.19. The lowest BCUT2D eigenvalue weighted by atomic mass is 9.81. The minimum Gasteiger partial charge on any atom is -0.0988 e. The second kappa shape index (κ2) is 3.47. The van der Waals surface area contributed by atoms with E-state index in [1.54, 1.807) is 0 Å². The fourth-order valence-corrected chi connectivity index (χ4v) is 1.05. The molecule has 0 heterocycles. The van der Waals surface area contributed by atoms with Crippen molar-refractivity contribution in [1.29, 1.82) is 0 Å². The van der Waals surface area contributed by atoms with Gasteiger partial charge in [-0.2, -0.15) is 0 Å². The summed E-state index contributed by atoms with van der Waals surface area (Å²) in [6.07, 6.45) is 4.26. The number of hydrogen-bond acceptors (Lipinski definition) is 0. The lowest BCUT2D eigenvalue weighted by Gasteiger charge is -2.24. The van der Waals surface area contributed by atoms with Gasteiger partial charge in [-0.15, -0.1) is 0 Å². The normalized spacial score (nSPS) is 14.7. The summed E-state index contributed by atoms with van der Waals surface area (Å²) in [6.45, 7) is 17.1. The van der Waals surface area contributed by atoms with Crippen LogP contribution >= 0.6 is 0 Å². The molecule has 70 valence electrons. The minimum atomic E-state index is 0.217. The first-order valence-electron chi connectivity index (χ1n) is 4.52. The smallest absolute Gasteiger partial charge is 0.0135 e. The van der Waals surface area contributed by atoms with Crippen LogP contribution in [0.5, 0.6) is 0 Å². The predicted molar refractivity (Wildman–Crippen MR) is 57.2 cm³/mol. The van der Waals surface area contributed by atoms with Crippen molar-refractivity contribution in [2.45, 2.75) is 41.5 Å². The molecule has 0 aliphatic carbocycles. The molecule has 0 amide bonds. The van der Waals surface area contributed by atoms with Crippen LogP contribution in [0.3, 0.4) is 0 Å². The summed E-state index contributed by atoms with van der Waals surface area (Å²) in [4.78, 5) is 0. The zero-order valence-electron chi connectivity index (χ0n) is 9.36. The molecule has 0 saturated heterocycles. The van der Waals surface area contributed by atoms with Crippen molar-refractivity contribution in [2.24, 2.45) is 10.8 Å². The van der Waals surface area contributed by atoms with E-state index in [2.05, 4.69) is 54.2 Å². The molecule has 0 aromatic heterocycles. The van der Waals surface area contributed by atoms with E-state index in [-0.39, 0.29) is 10.8 Å². The van der Waals surface area contributed by atoms with Crippen molar-refractivity contribution in [3.63, 3.8) is 0 Å². The molecular formula is C12H22. The van der Waals surface area contributed by atoms with E-state index in [0.717, 1.165) is 0 Å². The average Bonchev–Trinajstić information content (AvgIpc) is 1.78. The summed E-state index contributed by atoms with van der Waals surface area (Å²) in [6, 6.07) is 0. The van der Waals surface area contributed by atoms with Gasteiger partial charge in [-0.05, 0) is 16.4 Å². The molecule has 0 radical (unpaired) electrons. The van der Waals surface area contributed by atoms with Gasteiger partial charge in [0.1, 0.15) is 0 Å². The van der Waals surface area contributed by atoms with Gasteiger partial charge < -0.3 is 0 Å². The van der Waals surface area contributed by atoms with Crippen molar-refractivity contribution in [3.05, 3.63) is 24.3 Å². The standard InChI is InChI=1S/C12H22/c1-8-10(12(5,6)7)9-11(2,3)4/h8-9H,1H2,2-7H3/b10-9+. The largest absolute Gasteiger partial charge is 0.0988 e. The molecule has 0 aromatic carbocycles. The number of hydrogen-bond donors (Lipinski definition) is 0. The van der Waals surface area contributed by atoms with Crippen LogP contribution in [-0.2, 0) is 0 Å². The maximum absolute atomic E-state index is 3.84. The fourth-order valence-electron chi connectivity index (χ4n) is 1.05. The van der Waals surface area contributed by atoms with E-state index >= 15 is 0 Å². The summed E-state index contributed by atoms with van der Waals surface area (Å²) < 4.78 is 0. The summed E-state index contributed by atoms with van der Waals surface area (Å²) in [5, 5.41) is 0. The van der Waals surface area contributed by atoms with Crippen LogP contribution in [0.1, 0.15) is 41.5 Å². The topological polar surface area (TPSA) is 0 Å². The number of allylic oxidation sites excluding steroid dienone is 3. The molecule has 0 N–H and O–H groups in total. The Balaban J connectivity index is 4.81. The highest BCUT2D eigenvalue weighted by Crippen LogP contribution is 2.30. The molecule has 0 rings (SSSR count). The van der Waals surface area contributed by atoms with Gasteiger partial charge in [0.05, 0.1) is 0 Å². The zero-order valence-corrected chi connectivity index (χ0v) is 9.36. The Bertz CT molecular complexity index is 181. The molecule has 0 spiro atoms. The summed E-state index contributed by atoms with van der Waals surface area (Å²) in [5.41, 5.74) is 1.79. The van der Waals surface area contributed by atoms with Gasteiger partial charge in [0.15, 0.2) is 0 Å². The third-order valence-electron chi connectivity index (χ3n) is 1.67. The van der Waals surface area contributed by atoms with Crippen LogP contribution in [0.15, 0.2) is 24.3 Å². The van der Waals surface area contributed by atoms with Crippen molar-refractivity contribution >= 4 is 0 Å². The minimum absolute atomic E-state index is 0.217. The fraction of sp³-hybridized carbons (Fsp3) is 0.667. The SMILES string of the molecule is C=C/C(=C\C(C)(C)C)C(C)(C)C. The molecule has 0 aliphatic rings. The molecule has 0 aromatic rings. The molecule has 0 fully saturated rings. The molecule has 0 aliphatic heterocycles. The molecule has 0 bridgehead atoms. The molecule has 12 heavy (non-hydrogen) atoms. The molecule has 0 unspecified atom stereocenters. The van der Waals surface area contributed by atoms with Crippen molar-refractivity contribution in [2.75, 3.05) is 0 Å². The van der Waals surface area contributed by atoms with E-state index in [9.17, 15) is 0 Å². The van der Waals surface area contributed by atoms with Crippen LogP contribution in [0.4, 0.5) is 0 Å². The second-order valence-electron chi connectivity index (χ2n) is 5.42. The lowest BCUT2D eigenvalue weighted by molar-refractivity contribution is 0.481. The molecule has 0 nitrogen and oxygen atoms in total. The quantitative estimate of drug-likeness (QED) is 0.512. The number of rotatable bonds is 1. The van der Waals surface area contributed by atoms with Crippen LogP contribution in [-0.4, -0.2) is 0 Å². The van der Waals surface area contributed by atoms with Gasteiger partial charge in [-0.3, -0.25) is 0 Å². The first-order valence-corrected chi connectivity index (χ1v) is 4.52. The maximum atomic E-state index is 3.84. The van der Waals surface area contributed by atoms with E-state index in [1.807, 2.05) is 6.08 Å². The molecule has 0 heteroatoms. The van der Waals surface area contributed by atoms with Crippen LogP contribution in [0, 0.1) is 10.8 Å². The summed E-state index contributed by atoms with van der Waals surface area (Å²) >= 11 is 0. The van der Waals surface area contributed by atoms with Gasteiger partial charge >= 0.3 is 0 Å². The first kappa shape index (κ1) is 11.5. The van der Waals surface area contributed by atoms with Gasteiger partial charge in [-0.1, -0.05) is 60.3 Å². The second-order valence-corrected chi connectivity index (χ2v) is 5.42. The Morgan fingerprint density at radius 2 is 1.42 bits per heavy atom. The summed E-state index contributed by atoms with van der Waals surface area (Å²) in [7, 11) is 0. The van der Waals surface area contributed by atoms with E-state index < -0.39 is 0 Å². The van der Waals surface area contributed by atoms with Crippen LogP contribution in [0.25, 0.3) is 0 Å². The van der Waals surface area contributed by atoms with Gasteiger partial charge in [-0.25, -0.2) is 0 Å². The van der Waals surface area contributed by atoms with Crippen molar-refractivity contribution in [1.82, 2.24) is 0 Å². The van der Waals surface area contributed by atoms with Crippen molar-refractivity contribution < 1.29 is 0 Å². The monoisotopic (exact) mass is 166 g/mol. The average molecular weight is 166 g/mol. The highest BCUT2D eigenvalue weighted by Gasteiger charge is 2.17. The highest BCUT2D eigenvalue weighted by atomic mass is 14.2. The van der Waals surface area contributed by atoms with Gasteiger partial charge in [0, 0.05) is 0 Å². The van der Waals surface area contributed by atoms with Gasteiger partial charge in [0.2, 0.25) is 0 Å². The van der Waals surface area contributed by atoms with Gasteiger partial charge in [0.25, 0.3) is 0 Å². The van der Waals surface area contributed by atoms with Crippen LogP contribution in [0.2, 0.25) is 0 Å². The Hall–Kier alpha value is -0.520. The Labute approximate surface area is 77.4 Å². The first-order chi connectivity index (χ1) is 5.17. The third-order valence-corrected chi connectivity index (χ3v) is 1.67. The van der Waals surface area contributed by atoms with Crippen LogP contribution < -0.4 is 0 Å². The molecular weight excluding hydrogens is 144 g/mol. The van der Waals surface area contributed by atoms with E-state index in [4.69, 9.17) is 0 Å². The van der Waals surface area contributed by atoms with Crippen molar-refractivity contribution in [3.8, 4) is 0 Å². The molecule has 0 atom stereocenters. The Morgan fingerprint density at radius 1 is 1.00 bits per heavy atom. The maximum Gasteiger partial charge on any atom is -0.0135 e. The molecule has 0 saturated carbocycles. The Morgan fingerprint density at radius 3 is 1.50 bits per heavy atom. The Kier molecular flexibility index (Phi) is 3.32. The zero-order chi connectivity index (χ0) is 9.99. The highest BCUT2D eigenvalue weighted by molar-refractivity contribution is 5.24. The lowest BCUT2D eigenvalue weighted by Crippen LogP contribution is -2.11. The summed E-state index contributed by atoms with van der Waals surface area (Å²) in [5.74, 6) is 0. The van der Waals surface area contributed by atoms with E-state index in [1.165, 1.54) is 5.57 Å².